The molecule has 0 atom stereocenters. The first-order chi connectivity index (χ1) is 8.16. The van der Waals surface area contributed by atoms with Crippen molar-refractivity contribution in [2.75, 3.05) is 18.5 Å². The van der Waals surface area contributed by atoms with Crippen molar-refractivity contribution in [3.63, 3.8) is 0 Å². The number of anilines is 1. The van der Waals surface area contributed by atoms with Crippen molar-refractivity contribution in [3.05, 3.63) is 17.9 Å². The smallest absolute Gasteiger partial charge is 0.371 e. The first-order valence-electron chi connectivity index (χ1n) is 6.21. The highest BCUT2D eigenvalue weighted by atomic mass is 16.4. The fourth-order valence-corrected chi connectivity index (χ4v) is 2.49. The van der Waals surface area contributed by atoms with Gasteiger partial charge in [-0.3, -0.25) is 0 Å². The molecule has 1 aliphatic rings. The van der Waals surface area contributed by atoms with Crippen molar-refractivity contribution in [1.29, 1.82) is 0 Å². The molecule has 1 aromatic rings. The van der Waals surface area contributed by atoms with Crippen LogP contribution in [0.25, 0.3) is 0 Å². The number of carboxylic acid groups (broad SMARTS) is 1. The van der Waals surface area contributed by atoms with Gasteiger partial charge in [-0.05, 0) is 24.8 Å². The van der Waals surface area contributed by atoms with Gasteiger partial charge in [-0.2, -0.15) is 0 Å². The lowest BCUT2D eigenvalue weighted by atomic mass is 9.89. The van der Waals surface area contributed by atoms with E-state index in [0.29, 0.717) is 11.8 Å². The summed E-state index contributed by atoms with van der Waals surface area (Å²) in [5, 5.41) is 8.79. The van der Waals surface area contributed by atoms with Gasteiger partial charge in [0.1, 0.15) is 0 Å². The lowest BCUT2D eigenvalue weighted by molar-refractivity contribution is 0.0663. The van der Waals surface area contributed by atoms with Gasteiger partial charge in [0.2, 0.25) is 5.76 Å². The summed E-state index contributed by atoms with van der Waals surface area (Å²) in [6.07, 6.45) is 6.53. The Morgan fingerprint density at radius 1 is 1.41 bits per heavy atom. The molecule has 0 radical (unpaired) electrons. The van der Waals surface area contributed by atoms with Crippen molar-refractivity contribution in [2.24, 2.45) is 5.92 Å². The zero-order valence-electron chi connectivity index (χ0n) is 10.2. The van der Waals surface area contributed by atoms with E-state index in [1.807, 2.05) is 11.9 Å². The molecule has 1 aliphatic carbocycles. The van der Waals surface area contributed by atoms with E-state index in [1.54, 1.807) is 6.07 Å². The molecule has 4 heteroatoms. The van der Waals surface area contributed by atoms with Crippen molar-refractivity contribution >= 4 is 11.9 Å². The third-order valence-electron chi connectivity index (χ3n) is 3.44. The van der Waals surface area contributed by atoms with Crippen LogP contribution in [0.4, 0.5) is 5.88 Å². The Labute approximate surface area is 101 Å². The van der Waals surface area contributed by atoms with Gasteiger partial charge in [0.05, 0.1) is 0 Å². The van der Waals surface area contributed by atoms with Gasteiger partial charge in [0, 0.05) is 19.7 Å². The number of hydrogen-bond acceptors (Lipinski definition) is 3. The Bertz CT molecular complexity index is 380. The van der Waals surface area contributed by atoms with E-state index in [1.165, 1.54) is 38.2 Å². The minimum Gasteiger partial charge on any atom is -0.475 e. The molecule has 4 nitrogen and oxygen atoms in total. The lowest BCUT2D eigenvalue weighted by Gasteiger charge is -2.26. The summed E-state index contributed by atoms with van der Waals surface area (Å²) in [7, 11) is 1.96. The number of carboxylic acids is 1. The van der Waals surface area contributed by atoms with Crippen LogP contribution in [0.15, 0.2) is 16.5 Å². The Hall–Kier alpha value is -1.45. The molecular formula is C13H19NO3. The summed E-state index contributed by atoms with van der Waals surface area (Å²) in [4.78, 5) is 12.7. The zero-order valence-corrected chi connectivity index (χ0v) is 10.2. The number of rotatable bonds is 4. The number of furan rings is 1. The van der Waals surface area contributed by atoms with Crippen molar-refractivity contribution in [2.45, 2.75) is 32.1 Å². The number of nitrogens with zero attached hydrogens (tertiary/aromatic N) is 1. The fourth-order valence-electron chi connectivity index (χ4n) is 2.49. The molecule has 1 fully saturated rings. The highest BCUT2D eigenvalue weighted by Gasteiger charge is 2.18. The third-order valence-corrected chi connectivity index (χ3v) is 3.44. The van der Waals surface area contributed by atoms with Gasteiger partial charge in [-0.25, -0.2) is 4.79 Å². The molecule has 1 N–H and O–H groups in total. The number of aromatic carboxylic acids is 1. The van der Waals surface area contributed by atoms with Crippen LogP contribution in [-0.4, -0.2) is 24.7 Å². The van der Waals surface area contributed by atoms with Crippen molar-refractivity contribution in [3.8, 4) is 0 Å². The van der Waals surface area contributed by atoms with Crippen LogP contribution in [0.3, 0.4) is 0 Å². The first-order valence-corrected chi connectivity index (χ1v) is 6.21. The second-order valence-electron chi connectivity index (χ2n) is 4.83. The quantitative estimate of drug-likeness (QED) is 0.874. The molecule has 0 spiro atoms. The van der Waals surface area contributed by atoms with E-state index in [4.69, 9.17) is 9.52 Å². The highest BCUT2D eigenvalue weighted by molar-refractivity contribution is 5.84. The van der Waals surface area contributed by atoms with Gasteiger partial charge < -0.3 is 14.4 Å². The van der Waals surface area contributed by atoms with E-state index in [9.17, 15) is 4.79 Å². The summed E-state index contributed by atoms with van der Waals surface area (Å²) >= 11 is 0. The van der Waals surface area contributed by atoms with Crippen LogP contribution in [0.1, 0.15) is 42.7 Å². The Morgan fingerprint density at radius 3 is 2.71 bits per heavy atom. The molecule has 2 rings (SSSR count). The van der Waals surface area contributed by atoms with Gasteiger partial charge >= 0.3 is 5.97 Å². The Morgan fingerprint density at radius 2 is 2.12 bits per heavy atom. The van der Waals surface area contributed by atoms with E-state index in [-0.39, 0.29) is 5.76 Å². The maximum atomic E-state index is 10.7. The molecule has 0 unspecified atom stereocenters. The molecule has 0 aromatic carbocycles. The topological polar surface area (TPSA) is 53.7 Å². The third kappa shape index (κ3) is 3.02. The maximum absolute atomic E-state index is 10.7. The lowest BCUT2D eigenvalue weighted by Crippen LogP contribution is -2.26. The zero-order chi connectivity index (χ0) is 12.3. The summed E-state index contributed by atoms with van der Waals surface area (Å²) in [6, 6.07) is 3.24. The predicted molar refractivity (Wildman–Crippen MR) is 65.5 cm³/mol. The van der Waals surface area contributed by atoms with Gasteiger partial charge in [-0.1, -0.05) is 19.3 Å². The second-order valence-corrected chi connectivity index (χ2v) is 4.83. The predicted octanol–water partition coefficient (Wildman–Crippen LogP) is 2.99. The van der Waals surface area contributed by atoms with Gasteiger partial charge in [0.15, 0.2) is 5.88 Å². The molecule has 0 amide bonds. The standard InChI is InChI=1S/C13H19NO3/c1-14(9-10-5-3-2-4-6-10)12-8-7-11(17-12)13(15)16/h7-8,10H,2-6,9H2,1H3,(H,15,16). The largest absolute Gasteiger partial charge is 0.475 e. The van der Waals surface area contributed by atoms with Gasteiger partial charge in [0.25, 0.3) is 0 Å². The number of carbonyl (C=O) groups is 1. The van der Waals surface area contributed by atoms with E-state index in [2.05, 4.69) is 0 Å². The normalized spacial score (nSPS) is 17.0. The summed E-state index contributed by atoms with van der Waals surface area (Å²) in [5.74, 6) is 0.359. The monoisotopic (exact) mass is 237 g/mol. The fraction of sp³-hybridized carbons (Fsp3) is 0.615. The summed E-state index contributed by atoms with van der Waals surface area (Å²) in [5.41, 5.74) is 0. The maximum Gasteiger partial charge on any atom is 0.371 e. The molecule has 1 saturated carbocycles. The van der Waals surface area contributed by atoms with Crippen LogP contribution in [0.5, 0.6) is 0 Å². The Kier molecular flexibility index (Phi) is 3.71. The van der Waals surface area contributed by atoms with Crippen LogP contribution in [0.2, 0.25) is 0 Å². The van der Waals surface area contributed by atoms with Crippen LogP contribution in [0, 0.1) is 5.92 Å². The average molecular weight is 237 g/mol. The molecule has 17 heavy (non-hydrogen) atoms. The first kappa shape index (κ1) is 12.0. The Balaban J connectivity index is 1.93. The van der Waals surface area contributed by atoms with Crippen molar-refractivity contribution < 1.29 is 14.3 Å². The molecular weight excluding hydrogens is 218 g/mol. The summed E-state index contributed by atoms with van der Waals surface area (Å²) < 4.78 is 5.27. The second kappa shape index (κ2) is 5.25. The minimum absolute atomic E-state index is 0.00972. The molecule has 1 aromatic heterocycles. The summed E-state index contributed by atoms with van der Waals surface area (Å²) in [6.45, 7) is 0.951. The molecule has 0 saturated heterocycles. The van der Waals surface area contributed by atoms with E-state index in [0.717, 1.165) is 6.54 Å². The molecule has 1 heterocycles. The van der Waals surface area contributed by atoms with E-state index >= 15 is 0 Å². The molecule has 94 valence electrons. The van der Waals surface area contributed by atoms with Gasteiger partial charge in [-0.15, -0.1) is 0 Å². The molecule has 0 aliphatic heterocycles. The van der Waals surface area contributed by atoms with Crippen LogP contribution in [-0.2, 0) is 0 Å². The van der Waals surface area contributed by atoms with E-state index < -0.39 is 5.97 Å². The van der Waals surface area contributed by atoms with Crippen molar-refractivity contribution in [1.82, 2.24) is 0 Å². The number of hydrogen-bond donors (Lipinski definition) is 1. The van der Waals surface area contributed by atoms with Crippen LogP contribution >= 0.6 is 0 Å². The average Bonchev–Trinajstić information content (AvgIpc) is 2.79. The highest BCUT2D eigenvalue weighted by Crippen LogP contribution is 2.26. The minimum atomic E-state index is -1.01. The van der Waals surface area contributed by atoms with Crippen LogP contribution < -0.4 is 4.90 Å². The SMILES string of the molecule is CN(CC1CCCCC1)c1ccc(C(=O)O)o1. The molecule has 0 bridgehead atoms.